The van der Waals surface area contributed by atoms with Crippen LogP contribution in [0.2, 0.25) is 0 Å². The first kappa shape index (κ1) is 35.0. The van der Waals surface area contributed by atoms with E-state index < -0.39 is 5.41 Å². The van der Waals surface area contributed by atoms with E-state index in [1.807, 2.05) is 24.3 Å². The Morgan fingerprint density at radius 1 is 0.230 bits per heavy atom. The lowest BCUT2D eigenvalue weighted by molar-refractivity contribution is 0.794. The van der Waals surface area contributed by atoms with E-state index in [-0.39, 0.29) is 0 Å². The molecule has 1 heterocycles. The summed E-state index contributed by atoms with van der Waals surface area (Å²) in [6.07, 6.45) is 0. The van der Waals surface area contributed by atoms with Gasteiger partial charge in [-0.05, 0) is 90.0 Å². The fourth-order valence-corrected chi connectivity index (χ4v) is 9.96. The van der Waals surface area contributed by atoms with Gasteiger partial charge in [-0.25, -0.2) is 15.0 Å². The number of benzene rings is 9. The monoisotopic (exact) mass is 775 g/mol. The van der Waals surface area contributed by atoms with Crippen LogP contribution < -0.4 is 0 Å². The quantitative estimate of drug-likeness (QED) is 0.169. The van der Waals surface area contributed by atoms with Crippen molar-refractivity contribution in [2.45, 2.75) is 5.41 Å². The molecular weight excluding hydrogens is 739 g/mol. The van der Waals surface area contributed by atoms with Gasteiger partial charge < -0.3 is 0 Å². The summed E-state index contributed by atoms with van der Waals surface area (Å²) in [5.74, 6) is 1.89. The summed E-state index contributed by atoms with van der Waals surface area (Å²) < 4.78 is 0. The van der Waals surface area contributed by atoms with Gasteiger partial charge in [0.1, 0.15) is 0 Å². The molecule has 0 bridgehead atoms. The lowest BCUT2D eigenvalue weighted by Crippen LogP contribution is -2.25. The lowest BCUT2D eigenvalue weighted by Gasteiger charge is -2.30. The Morgan fingerprint density at radius 2 is 0.656 bits per heavy atom. The Labute approximate surface area is 355 Å². The molecule has 3 heteroatoms. The third kappa shape index (κ3) is 5.48. The summed E-state index contributed by atoms with van der Waals surface area (Å²) >= 11 is 0. The Morgan fingerprint density at radius 3 is 1.30 bits per heavy atom. The molecule has 284 valence electrons. The fraction of sp³-hybridized carbons (Fsp3) is 0.0172. The van der Waals surface area contributed by atoms with Gasteiger partial charge >= 0.3 is 0 Å². The van der Waals surface area contributed by atoms with Crippen LogP contribution in [0.1, 0.15) is 22.3 Å². The van der Waals surface area contributed by atoms with E-state index in [1.54, 1.807) is 0 Å². The van der Waals surface area contributed by atoms with E-state index in [0.29, 0.717) is 17.5 Å². The van der Waals surface area contributed by atoms with E-state index >= 15 is 0 Å². The van der Waals surface area contributed by atoms with E-state index in [1.165, 1.54) is 50.1 Å². The Hall–Kier alpha value is -8.01. The highest BCUT2D eigenvalue weighted by atomic mass is 15.0. The molecule has 0 saturated carbocycles. The number of hydrogen-bond acceptors (Lipinski definition) is 3. The largest absolute Gasteiger partial charge is 0.208 e. The molecule has 10 aromatic rings. The smallest absolute Gasteiger partial charge is 0.164 e. The molecular formula is C58H37N3. The standard InChI is InChI=1S/C58H37N3/c1-4-18-38(19-5-1)41-24-16-25-42(36-41)56-59-55(40-22-8-3-9-23-40)60-57(61-56)43-34-35-44(49(37-43)39-20-6-2-7-21-39)47-29-17-33-53-54(47)48-28-12-15-32-52(48)58(53)50-30-13-10-26-45(50)46-27-11-14-31-51(46)58/h1-37H. The molecule has 2 aliphatic rings. The summed E-state index contributed by atoms with van der Waals surface area (Å²) in [7, 11) is 0. The molecule has 0 radical (unpaired) electrons. The van der Waals surface area contributed by atoms with Crippen molar-refractivity contribution >= 4 is 0 Å². The maximum atomic E-state index is 5.23. The zero-order valence-electron chi connectivity index (χ0n) is 33.2. The van der Waals surface area contributed by atoms with Crippen LogP contribution in [0, 0.1) is 0 Å². The SMILES string of the molecule is c1ccc(-c2cccc(-c3nc(-c4ccccc4)nc(-c4ccc(-c5cccc6c5-c5ccccc5C65c6ccccc6-c6ccccc65)c(-c5ccccc5)c4)n3)c2)cc1. The average Bonchev–Trinajstić information content (AvgIpc) is 3.82. The van der Waals surface area contributed by atoms with Gasteiger partial charge in [-0.3, -0.25) is 0 Å². The van der Waals surface area contributed by atoms with Gasteiger partial charge in [0.15, 0.2) is 17.5 Å². The van der Waals surface area contributed by atoms with Crippen LogP contribution >= 0.6 is 0 Å². The van der Waals surface area contributed by atoms with E-state index in [0.717, 1.165) is 44.5 Å². The van der Waals surface area contributed by atoms with Gasteiger partial charge in [-0.1, -0.05) is 212 Å². The van der Waals surface area contributed by atoms with Crippen LogP contribution in [0.4, 0.5) is 0 Å². The Balaban J connectivity index is 1.07. The molecule has 9 aromatic carbocycles. The maximum Gasteiger partial charge on any atom is 0.164 e. The molecule has 12 rings (SSSR count). The zero-order valence-corrected chi connectivity index (χ0v) is 33.2. The molecule has 61 heavy (non-hydrogen) atoms. The van der Waals surface area contributed by atoms with Gasteiger partial charge in [0.25, 0.3) is 0 Å². The fourth-order valence-electron chi connectivity index (χ4n) is 9.96. The van der Waals surface area contributed by atoms with Crippen molar-refractivity contribution in [1.82, 2.24) is 15.0 Å². The predicted octanol–water partition coefficient (Wildman–Crippen LogP) is 14.2. The van der Waals surface area contributed by atoms with E-state index in [2.05, 4.69) is 200 Å². The van der Waals surface area contributed by atoms with Gasteiger partial charge in [0.05, 0.1) is 5.41 Å². The molecule has 0 atom stereocenters. The van der Waals surface area contributed by atoms with E-state index in [4.69, 9.17) is 15.0 Å². The van der Waals surface area contributed by atoms with Crippen molar-refractivity contribution in [3.63, 3.8) is 0 Å². The highest BCUT2D eigenvalue weighted by Crippen LogP contribution is 2.64. The minimum absolute atomic E-state index is 0.422. The molecule has 2 aliphatic carbocycles. The summed E-state index contributed by atoms with van der Waals surface area (Å²) in [5.41, 5.74) is 19.7. The first-order valence-electron chi connectivity index (χ1n) is 20.9. The second-order valence-electron chi connectivity index (χ2n) is 15.9. The van der Waals surface area contributed by atoms with Crippen LogP contribution in [0.3, 0.4) is 0 Å². The molecule has 0 amide bonds. The van der Waals surface area contributed by atoms with Crippen LogP contribution in [0.25, 0.3) is 89.8 Å². The van der Waals surface area contributed by atoms with Crippen molar-refractivity contribution in [2.75, 3.05) is 0 Å². The number of nitrogens with zero attached hydrogens (tertiary/aromatic N) is 3. The van der Waals surface area contributed by atoms with Crippen molar-refractivity contribution in [2.24, 2.45) is 0 Å². The molecule has 3 nitrogen and oxygen atoms in total. The Kier molecular flexibility index (Phi) is 8.07. The third-order valence-corrected chi connectivity index (χ3v) is 12.6. The van der Waals surface area contributed by atoms with E-state index in [9.17, 15) is 0 Å². The third-order valence-electron chi connectivity index (χ3n) is 12.6. The van der Waals surface area contributed by atoms with Crippen LogP contribution in [-0.4, -0.2) is 15.0 Å². The van der Waals surface area contributed by atoms with Crippen molar-refractivity contribution in [3.05, 3.63) is 247 Å². The van der Waals surface area contributed by atoms with Gasteiger partial charge in [0.2, 0.25) is 0 Å². The first-order chi connectivity index (χ1) is 30.3. The molecule has 0 aliphatic heterocycles. The van der Waals surface area contributed by atoms with Crippen LogP contribution in [-0.2, 0) is 5.41 Å². The summed E-state index contributed by atoms with van der Waals surface area (Å²) in [5, 5.41) is 0. The summed E-state index contributed by atoms with van der Waals surface area (Å²) in [4.78, 5) is 15.5. The zero-order chi connectivity index (χ0) is 40.3. The van der Waals surface area contributed by atoms with Crippen LogP contribution in [0.15, 0.2) is 224 Å². The highest BCUT2D eigenvalue weighted by Gasteiger charge is 2.52. The first-order valence-corrected chi connectivity index (χ1v) is 20.9. The topological polar surface area (TPSA) is 38.7 Å². The molecule has 0 saturated heterocycles. The average molecular weight is 776 g/mol. The van der Waals surface area contributed by atoms with Gasteiger partial charge in [0, 0.05) is 16.7 Å². The minimum atomic E-state index is -0.422. The molecule has 1 spiro atoms. The molecule has 0 N–H and O–H groups in total. The Bertz CT molecular complexity index is 3250. The second kappa shape index (κ2) is 14.1. The summed E-state index contributed by atoms with van der Waals surface area (Å²) in [6.45, 7) is 0. The molecule has 1 aromatic heterocycles. The van der Waals surface area contributed by atoms with Crippen LogP contribution in [0.5, 0.6) is 0 Å². The molecule has 0 unspecified atom stereocenters. The number of fused-ring (bicyclic) bond motifs is 10. The summed E-state index contributed by atoms with van der Waals surface area (Å²) in [6, 6.07) is 80.5. The van der Waals surface area contributed by atoms with Crippen molar-refractivity contribution < 1.29 is 0 Å². The lowest BCUT2D eigenvalue weighted by atomic mass is 9.70. The number of rotatable bonds is 6. The normalized spacial score (nSPS) is 12.7. The predicted molar refractivity (Wildman–Crippen MR) is 249 cm³/mol. The number of hydrogen-bond donors (Lipinski definition) is 0. The van der Waals surface area contributed by atoms with Crippen molar-refractivity contribution in [3.8, 4) is 89.8 Å². The van der Waals surface area contributed by atoms with Crippen molar-refractivity contribution in [1.29, 1.82) is 0 Å². The molecule has 0 fully saturated rings. The maximum absolute atomic E-state index is 5.23. The number of aromatic nitrogens is 3. The highest BCUT2D eigenvalue weighted by molar-refractivity contribution is 6.02. The second-order valence-corrected chi connectivity index (χ2v) is 15.9. The van der Waals surface area contributed by atoms with Gasteiger partial charge in [-0.2, -0.15) is 0 Å². The van der Waals surface area contributed by atoms with Gasteiger partial charge in [-0.15, -0.1) is 0 Å². The minimum Gasteiger partial charge on any atom is -0.208 e.